The van der Waals surface area contributed by atoms with Crippen molar-refractivity contribution in [3.8, 4) is 11.1 Å². The van der Waals surface area contributed by atoms with Crippen molar-refractivity contribution in [1.82, 2.24) is 0 Å². The van der Waals surface area contributed by atoms with E-state index >= 15 is 0 Å². The number of hydrogen-bond donors (Lipinski definition) is 0. The lowest BCUT2D eigenvalue weighted by atomic mass is 10.1. The summed E-state index contributed by atoms with van der Waals surface area (Å²) in [6, 6.07) is 8.61. The monoisotopic (exact) mass is 270 g/mol. The first-order valence-electron chi connectivity index (χ1n) is 5.09. The number of hydrogen-bond acceptors (Lipinski definition) is 0. The Bertz CT molecular complexity index is 481. The summed E-state index contributed by atoms with van der Waals surface area (Å²) in [6.07, 6.45) is 6.23. The molecule has 4 heteroatoms. The highest BCUT2D eigenvalue weighted by molar-refractivity contribution is 5.61. The van der Waals surface area contributed by atoms with Crippen LogP contribution in [0.3, 0.4) is 0 Å². The van der Waals surface area contributed by atoms with Gasteiger partial charge in [-0.25, -0.2) is 9.13 Å². The fourth-order valence-corrected chi connectivity index (χ4v) is 1.56. The summed E-state index contributed by atoms with van der Waals surface area (Å²) in [5.41, 5.74) is 3.80. The molecule has 0 spiro atoms. The van der Waals surface area contributed by atoms with Gasteiger partial charge in [0, 0.05) is 31.2 Å². The Hall–Kier alpha value is -1.12. The minimum atomic E-state index is 0. The number of aromatic nitrogens is 2. The molecule has 2 aromatic rings. The number of nitrogens with zero attached hydrogens (tertiary/aromatic N) is 2. The zero-order chi connectivity index (χ0) is 10.8. The van der Waals surface area contributed by atoms with Crippen molar-refractivity contribution in [1.29, 1.82) is 0 Å². The summed E-state index contributed by atoms with van der Waals surface area (Å²) in [7, 11) is 4.09. The van der Waals surface area contributed by atoms with Crippen molar-refractivity contribution in [3.63, 3.8) is 0 Å². The summed E-state index contributed by atoms with van der Waals surface area (Å²) < 4.78 is 4.16. The van der Waals surface area contributed by atoms with Crippen LogP contribution in [0.15, 0.2) is 42.9 Å². The largest absolute Gasteiger partial charge is 1.00 e. The van der Waals surface area contributed by atoms with Crippen LogP contribution in [0.4, 0.5) is 0 Å². The lowest BCUT2D eigenvalue weighted by molar-refractivity contribution is -0.677. The van der Waals surface area contributed by atoms with Gasteiger partial charge in [-0.3, -0.25) is 0 Å². The van der Waals surface area contributed by atoms with E-state index in [1.165, 1.54) is 16.8 Å². The maximum absolute atomic E-state index is 2.20. The molecule has 0 bridgehead atoms. The van der Waals surface area contributed by atoms with Gasteiger partial charge in [-0.2, -0.15) is 0 Å². The molecule has 0 N–H and O–H groups in total. The van der Waals surface area contributed by atoms with Gasteiger partial charge in [0.15, 0.2) is 24.3 Å². The third kappa shape index (κ3) is 3.69. The first-order chi connectivity index (χ1) is 7.16. The smallest absolute Gasteiger partial charge is 0.178 e. The zero-order valence-electron chi connectivity index (χ0n) is 10.2. The maximum atomic E-state index is 2.20. The molecule has 17 heavy (non-hydrogen) atoms. The Morgan fingerprint density at radius 1 is 0.824 bits per heavy atom. The number of aryl methyl sites for hydroxylation is 3. The highest BCUT2D eigenvalue weighted by Gasteiger charge is 2.05. The van der Waals surface area contributed by atoms with E-state index in [2.05, 4.69) is 61.4 Å². The molecular weight excluding hydrogens is 255 g/mol. The Morgan fingerprint density at radius 3 is 1.88 bits per heavy atom. The van der Waals surface area contributed by atoms with Crippen LogP contribution in [0, 0.1) is 6.92 Å². The molecule has 0 unspecified atom stereocenters. The predicted octanol–water partition coefficient (Wildman–Crippen LogP) is -4.68. The average molecular weight is 271 g/mol. The topological polar surface area (TPSA) is 7.76 Å². The Morgan fingerprint density at radius 2 is 1.35 bits per heavy atom. The summed E-state index contributed by atoms with van der Waals surface area (Å²) in [4.78, 5) is 0. The SMILES string of the molecule is Cc1cc(-c2cc[n+](C)cc2)cc[n+]1C.[Cl-].[Cl-]. The second-order valence-corrected chi connectivity index (χ2v) is 3.92. The molecule has 2 rings (SSSR count). The predicted molar refractivity (Wildman–Crippen MR) is 59.0 cm³/mol. The molecule has 92 valence electrons. The molecule has 0 aliphatic carbocycles. The Labute approximate surface area is 115 Å². The van der Waals surface area contributed by atoms with Crippen molar-refractivity contribution in [2.75, 3.05) is 0 Å². The highest BCUT2D eigenvalue weighted by atomic mass is 35.5. The van der Waals surface area contributed by atoms with Crippen LogP contribution >= 0.6 is 0 Å². The fraction of sp³-hybridized carbons (Fsp3) is 0.231. The first kappa shape index (κ1) is 15.9. The molecule has 0 saturated carbocycles. The Balaban J connectivity index is 0.00000128. The quantitative estimate of drug-likeness (QED) is 0.461. The van der Waals surface area contributed by atoms with E-state index in [1.807, 2.05) is 11.6 Å². The maximum Gasteiger partial charge on any atom is 0.178 e. The molecule has 2 nitrogen and oxygen atoms in total. The molecule has 0 aromatic carbocycles. The zero-order valence-corrected chi connectivity index (χ0v) is 11.7. The summed E-state index contributed by atoms with van der Waals surface area (Å²) >= 11 is 0. The minimum absolute atomic E-state index is 0. The lowest BCUT2D eigenvalue weighted by Gasteiger charge is -2.00. The van der Waals surface area contributed by atoms with E-state index in [1.54, 1.807) is 0 Å². The highest BCUT2D eigenvalue weighted by Crippen LogP contribution is 2.16. The minimum Gasteiger partial charge on any atom is -1.00 e. The molecule has 0 aliphatic heterocycles. The van der Waals surface area contributed by atoms with Gasteiger partial charge < -0.3 is 24.8 Å². The first-order valence-corrected chi connectivity index (χ1v) is 5.09. The van der Waals surface area contributed by atoms with Crippen LogP contribution in [0.2, 0.25) is 0 Å². The van der Waals surface area contributed by atoms with Gasteiger partial charge in [0.25, 0.3) is 0 Å². The summed E-state index contributed by atoms with van der Waals surface area (Å²) in [5.74, 6) is 0. The average Bonchev–Trinajstić information content (AvgIpc) is 2.23. The van der Waals surface area contributed by atoms with Gasteiger partial charge >= 0.3 is 0 Å². The Kier molecular flexibility index (Phi) is 6.14. The normalized spacial score (nSPS) is 9.12. The molecule has 0 saturated heterocycles. The van der Waals surface area contributed by atoms with E-state index in [-0.39, 0.29) is 24.8 Å². The molecule has 0 aliphatic rings. The van der Waals surface area contributed by atoms with Crippen LogP contribution in [-0.4, -0.2) is 0 Å². The van der Waals surface area contributed by atoms with Gasteiger partial charge in [-0.1, -0.05) is 0 Å². The van der Waals surface area contributed by atoms with Crippen LogP contribution < -0.4 is 33.9 Å². The van der Waals surface area contributed by atoms with Crippen LogP contribution in [0.1, 0.15) is 5.69 Å². The van der Waals surface area contributed by atoms with E-state index in [0.29, 0.717) is 0 Å². The second kappa shape index (κ2) is 6.58. The second-order valence-electron chi connectivity index (χ2n) is 3.92. The van der Waals surface area contributed by atoms with Crippen LogP contribution in [0.25, 0.3) is 11.1 Å². The van der Waals surface area contributed by atoms with Gasteiger partial charge in [0.05, 0.1) is 0 Å². The van der Waals surface area contributed by atoms with Gasteiger partial charge in [-0.15, -0.1) is 0 Å². The van der Waals surface area contributed by atoms with Gasteiger partial charge in [0.1, 0.15) is 14.1 Å². The van der Waals surface area contributed by atoms with E-state index < -0.39 is 0 Å². The van der Waals surface area contributed by atoms with Crippen molar-refractivity contribution in [2.24, 2.45) is 14.1 Å². The van der Waals surface area contributed by atoms with Gasteiger partial charge in [0.2, 0.25) is 0 Å². The standard InChI is InChI=1S/C13H16N2.2ClH/c1-11-10-13(6-9-15(11)3)12-4-7-14(2)8-5-12;;/h4-10H,1-3H3;2*1H/q+2;;/p-2. The van der Waals surface area contributed by atoms with Crippen molar-refractivity contribution in [2.45, 2.75) is 6.92 Å². The molecule has 0 radical (unpaired) electrons. The van der Waals surface area contributed by atoms with Crippen molar-refractivity contribution in [3.05, 3.63) is 48.5 Å². The summed E-state index contributed by atoms with van der Waals surface area (Å²) in [5, 5.41) is 0. The molecule has 0 amide bonds. The number of rotatable bonds is 1. The number of pyridine rings is 2. The lowest BCUT2D eigenvalue weighted by Crippen LogP contribution is -3.00. The molecule has 2 aromatic heterocycles. The molecule has 0 fully saturated rings. The number of halogens is 2. The van der Waals surface area contributed by atoms with Gasteiger partial charge in [-0.05, 0) is 11.1 Å². The molecule has 0 atom stereocenters. The van der Waals surface area contributed by atoms with Crippen molar-refractivity contribution >= 4 is 0 Å². The van der Waals surface area contributed by atoms with E-state index in [4.69, 9.17) is 0 Å². The van der Waals surface area contributed by atoms with E-state index in [0.717, 1.165) is 0 Å². The molecule has 2 heterocycles. The van der Waals surface area contributed by atoms with Crippen LogP contribution in [0.5, 0.6) is 0 Å². The third-order valence-corrected chi connectivity index (χ3v) is 2.71. The van der Waals surface area contributed by atoms with Crippen LogP contribution in [-0.2, 0) is 14.1 Å². The van der Waals surface area contributed by atoms with Crippen molar-refractivity contribution < 1.29 is 33.9 Å². The van der Waals surface area contributed by atoms with E-state index in [9.17, 15) is 0 Å². The fourth-order valence-electron chi connectivity index (χ4n) is 1.56. The summed E-state index contributed by atoms with van der Waals surface area (Å²) in [6.45, 7) is 2.12. The molecular formula is C13H16Cl2N2. The third-order valence-electron chi connectivity index (χ3n) is 2.71.